The van der Waals surface area contributed by atoms with E-state index in [1.807, 2.05) is 0 Å². The molecule has 0 aliphatic heterocycles. The van der Waals surface area contributed by atoms with Gasteiger partial charge in [-0.15, -0.1) is 0 Å². The highest BCUT2D eigenvalue weighted by Crippen LogP contribution is 2.34. The third-order valence-electron chi connectivity index (χ3n) is 3.05. The Hall–Kier alpha value is -2.69. The van der Waals surface area contributed by atoms with Crippen LogP contribution >= 0.6 is 0 Å². The molecule has 0 saturated carbocycles. The third kappa shape index (κ3) is 2.25. The molecule has 0 aliphatic carbocycles. The molecular formula is C15H14O5. The van der Waals surface area contributed by atoms with Gasteiger partial charge in [0.2, 0.25) is 5.78 Å². The number of aryl methyl sites for hydroxylation is 2. The van der Waals surface area contributed by atoms with Crippen LogP contribution in [0.1, 0.15) is 27.0 Å². The maximum Gasteiger partial charge on any atom is 0.201 e. The van der Waals surface area contributed by atoms with Gasteiger partial charge in [-0.1, -0.05) is 0 Å². The van der Waals surface area contributed by atoms with Crippen molar-refractivity contribution in [2.24, 2.45) is 0 Å². The van der Waals surface area contributed by atoms with E-state index >= 15 is 0 Å². The lowest BCUT2D eigenvalue weighted by atomic mass is 9.94. The van der Waals surface area contributed by atoms with Gasteiger partial charge in [0.15, 0.2) is 0 Å². The largest absolute Gasteiger partial charge is 0.508 e. The number of rotatable bonds is 2. The summed E-state index contributed by atoms with van der Waals surface area (Å²) in [5, 5.41) is 38.4. The van der Waals surface area contributed by atoms with Crippen LogP contribution in [0.3, 0.4) is 0 Å². The lowest BCUT2D eigenvalue weighted by Crippen LogP contribution is -2.06. The summed E-state index contributed by atoms with van der Waals surface area (Å²) in [6, 6.07) is 4.82. The van der Waals surface area contributed by atoms with Crippen molar-refractivity contribution in [2.75, 3.05) is 0 Å². The molecule has 4 N–H and O–H groups in total. The zero-order chi connectivity index (χ0) is 15.0. The minimum absolute atomic E-state index is 0.00638. The number of benzene rings is 2. The van der Waals surface area contributed by atoms with Gasteiger partial charge in [0.1, 0.15) is 23.0 Å². The summed E-state index contributed by atoms with van der Waals surface area (Å²) in [6.07, 6.45) is 0. The van der Waals surface area contributed by atoms with Crippen molar-refractivity contribution in [1.29, 1.82) is 0 Å². The van der Waals surface area contributed by atoms with Crippen LogP contribution in [0.25, 0.3) is 0 Å². The van der Waals surface area contributed by atoms with Crippen molar-refractivity contribution in [3.63, 3.8) is 0 Å². The molecule has 0 spiro atoms. The first-order valence-corrected chi connectivity index (χ1v) is 5.91. The Labute approximate surface area is 115 Å². The van der Waals surface area contributed by atoms with Gasteiger partial charge in [-0.3, -0.25) is 4.79 Å². The second kappa shape index (κ2) is 4.77. The second-order valence-corrected chi connectivity index (χ2v) is 4.64. The smallest absolute Gasteiger partial charge is 0.201 e. The Kier molecular flexibility index (Phi) is 3.28. The molecule has 0 bridgehead atoms. The minimum atomic E-state index is -0.574. The van der Waals surface area contributed by atoms with E-state index in [2.05, 4.69) is 0 Å². The first kappa shape index (κ1) is 13.7. The van der Waals surface area contributed by atoms with Crippen LogP contribution in [0.15, 0.2) is 24.3 Å². The Bertz CT molecular complexity index is 598. The fourth-order valence-corrected chi connectivity index (χ4v) is 2.22. The van der Waals surface area contributed by atoms with Crippen molar-refractivity contribution >= 4 is 5.78 Å². The zero-order valence-corrected chi connectivity index (χ0v) is 11.0. The van der Waals surface area contributed by atoms with Gasteiger partial charge < -0.3 is 20.4 Å². The highest BCUT2D eigenvalue weighted by atomic mass is 16.3. The van der Waals surface area contributed by atoms with Crippen LogP contribution < -0.4 is 0 Å². The molecule has 104 valence electrons. The summed E-state index contributed by atoms with van der Waals surface area (Å²) in [5.74, 6) is -1.60. The van der Waals surface area contributed by atoms with Crippen LogP contribution in [0, 0.1) is 13.8 Å². The quantitative estimate of drug-likeness (QED) is 0.630. The van der Waals surface area contributed by atoms with E-state index in [9.17, 15) is 25.2 Å². The van der Waals surface area contributed by atoms with Crippen molar-refractivity contribution in [2.45, 2.75) is 13.8 Å². The SMILES string of the molecule is Cc1cc(O)cc(O)c1C(=O)c1c(C)cc(O)cc1O. The molecule has 5 nitrogen and oxygen atoms in total. The van der Waals surface area contributed by atoms with E-state index in [1.165, 1.54) is 12.1 Å². The summed E-state index contributed by atoms with van der Waals surface area (Å²) in [6.45, 7) is 3.14. The predicted octanol–water partition coefficient (Wildman–Crippen LogP) is 2.36. The molecule has 0 amide bonds. The standard InChI is InChI=1S/C15H14O5/c1-7-3-9(16)5-11(18)13(7)15(20)14-8(2)4-10(17)6-12(14)19/h3-6,16-19H,1-2H3. The van der Waals surface area contributed by atoms with Gasteiger partial charge in [0.05, 0.1) is 11.1 Å². The monoisotopic (exact) mass is 274 g/mol. The zero-order valence-electron chi connectivity index (χ0n) is 11.0. The highest BCUT2D eigenvalue weighted by Gasteiger charge is 2.22. The van der Waals surface area contributed by atoms with Crippen LogP contribution in [-0.4, -0.2) is 26.2 Å². The summed E-state index contributed by atoms with van der Waals surface area (Å²) in [7, 11) is 0. The molecule has 0 saturated heterocycles. The average molecular weight is 274 g/mol. The molecule has 20 heavy (non-hydrogen) atoms. The van der Waals surface area contributed by atoms with Gasteiger partial charge >= 0.3 is 0 Å². The van der Waals surface area contributed by atoms with Crippen molar-refractivity contribution in [3.8, 4) is 23.0 Å². The Morgan fingerprint density at radius 1 is 0.750 bits per heavy atom. The van der Waals surface area contributed by atoms with E-state index in [0.29, 0.717) is 11.1 Å². The van der Waals surface area contributed by atoms with Gasteiger partial charge in [0, 0.05) is 12.1 Å². The normalized spacial score (nSPS) is 10.5. The molecular weight excluding hydrogens is 260 g/mol. The number of carbonyl (C=O) groups excluding carboxylic acids is 1. The van der Waals surface area contributed by atoms with E-state index in [1.54, 1.807) is 13.8 Å². The summed E-state index contributed by atoms with van der Waals surface area (Å²) in [4.78, 5) is 12.5. The number of phenolic OH excluding ortho intramolecular Hbond substituents is 4. The molecule has 0 radical (unpaired) electrons. The molecule has 0 aliphatic rings. The molecule has 0 fully saturated rings. The van der Waals surface area contributed by atoms with Crippen molar-refractivity contribution in [3.05, 3.63) is 46.5 Å². The lowest BCUT2D eigenvalue weighted by molar-refractivity contribution is 0.103. The Balaban J connectivity index is 2.64. The van der Waals surface area contributed by atoms with Gasteiger partial charge in [-0.25, -0.2) is 0 Å². The number of carbonyl (C=O) groups is 1. The fraction of sp³-hybridized carbons (Fsp3) is 0.133. The van der Waals surface area contributed by atoms with Crippen LogP contribution in [0.2, 0.25) is 0 Å². The number of phenols is 4. The minimum Gasteiger partial charge on any atom is -0.508 e. The first-order valence-electron chi connectivity index (χ1n) is 5.91. The van der Waals surface area contributed by atoms with Gasteiger partial charge in [0.25, 0.3) is 0 Å². The highest BCUT2D eigenvalue weighted by molar-refractivity contribution is 6.14. The number of ketones is 1. The maximum atomic E-state index is 12.5. The molecule has 0 aromatic heterocycles. The number of hydrogen-bond acceptors (Lipinski definition) is 5. The maximum absolute atomic E-state index is 12.5. The topological polar surface area (TPSA) is 98.0 Å². The Morgan fingerprint density at radius 3 is 1.40 bits per heavy atom. The second-order valence-electron chi connectivity index (χ2n) is 4.64. The third-order valence-corrected chi connectivity index (χ3v) is 3.05. The molecule has 5 heteroatoms. The molecule has 2 rings (SSSR count). The summed E-state index contributed by atoms with van der Waals surface area (Å²) >= 11 is 0. The fourth-order valence-electron chi connectivity index (χ4n) is 2.22. The predicted molar refractivity (Wildman–Crippen MR) is 72.4 cm³/mol. The average Bonchev–Trinajstić information content (AvgIpc) is 2.25. The molecule has 2 aromatic carbocycles. The van der Waals surface area contributed by atoms with Crippen molar-refractivity contribution < 1.29 is 25.2 Å². The molecule has 0 atom stereocenters. The lowest BCUT2D eigenvalue weighted by Gasteiger charge is -2.12. The van der Waals surface area contributed by atoms with E-state index in [4.69, 9.17) is 0 Å². The van der Waals surface area contributed by atoms with E-state index in [0.717, 1.165) is 12.1 Å². The summed E-state index contributed by atoms with van der Waals surface area (Å²) < 4.78 is 0. The van der Waals surface area contributed by atoms with Gasteiger partial charge in [-0.05, 0) is 37.1 Å². The van der Waals surface area contributed by atoms with Crippen LogP contribution in [-0.2, 0) is 0 Å². The summed E-state index contributed by atoms with van der Waals surface area (Å²) in [5.41, 5.74) is 0.789. The van der Waals surface area contributed by atoms with E-state index < -0.39 is 5.78 Å². The number of aromatic hydroxyl groups is 4. The van der Waals surface area contributed by atoms with E-state index in [-0.39, 0.29) is 34.1 Å². The van der Waals surface area contributed by atoms with Crippen molar-refractivity contribution in [1.82, 2.24) is 0 Å². The van der Waals surface area contributed by atoms with Crippen LogP contribution in [0.5, 0.6) is 23.0 Å². The Morgan fingerprint density at radius 2 is 1.10 bits per heavy atom. The molecule has 0 heterocycles. The van der Waals surface area contributed by atoms with Gasteiger partial charge in [-0.2, -0.15) is 0 Å². The molecule has 0 unspecified atom stereocenters. The number of hydrogen-bond donors (Lipinski definition) is 4. The molecule has 2 aromatic rings. The first-order chi connectivity index (χ1) is 9.31. The van der Waals surface area contributed by atoms with Crippen LogP contribution in [0.4, 0.5) is 0 Å².